The highest BCUT2D eigenvalue weighted by Crippen LogP contribution is 2.32. The number of para-hydroxylation sites is 1. The molecule has 0 saturated heterocycles. The van der Waals surface area contributed by atoms with E-state index in [1.807, 2.05) is 18.2 Å². The Bertz CT molecular complexity index is 964. The van der Waals surface area contributed by atoms with Crippen LogP contribution in [0.5, 0.6) is 0 Å². The molecule has 0 aliphatic heterocycles. The van der Waals surface area contributed by atoms with Gasteiger partial charge in [0.15, 0.2) is 0 Å². The monoisotopic (exact) mass is 348 g/mol. The number of carbonyl (C=O) groups excluding carboxylic acids is 1. The predicted octanol–water partition coefficient (Wildman–Crippen LogP) is 5.33. The van der Waals surface area contributed by atoms with Gasteiger partial charge in [0.05, 0.1) is 17.8 Å². The van der Waals surface area contributed by atoms with Gasteiger partial charge in [-0.15, -0.1) is 0 Å². The Morgan fingerprint density at radius 1 is 1.12 bits per heavy atom. The number of aryl methyl sites for hydroxylation is 3. The number of aromatic nitrogens is 1. The molecule has 0 unspecified atom stereocenters. The first kappa shape index (κ1) is 17.9. The maximum absolute atomic E-state index is 12.5. The number of fused-ring (bicyclic) bond motifs is 1. The normalized spacial score (nSPS) is 10.8. The van der Waals surface area contributed by atoms with Crippen LogP contribution < -0.4 is 5.32 Å². The molecule has 1 heterocycles. The van der Waals surface area contributed by atoms with Gasteiger partial charge in [-0.2, -0.15) is 0 Å². The molecule has 1 aromatic heterocycles. The van der Waals surface area contributed by atoms with Gasteiger partial charge in [-0.25, -0.2) is 4.79 Å². The SMILES string of the molecule is CCOC(=O)c1cnc2c(CC)cccc2c1Nc1ccc(C)c(C)c1. The number of hydrogen-bond donors (Lipinski definition) is 1. The maximum atomic E-state index is 12.5. The molecule has 3 aromatic rings. The van der Waals surface area contributed by atoms with Gasteiger partial charge >= 0.3 is 5.97 Å². The van der Waals surface area contributed by atoms with Gasteiger partial charge in [0.1, 0.15) is 5.56 Å². The van der Waals surface area contributed by atoms with Crippen molar-refractivity contribution >= 4 is 28.2 Å². The topological polar surface area (TPSA) is 51.2 Å². The second-order valence-electron chi connectivity index (χ2n) is 6.36. The molecule has 4 heteroatoms. The van der Waals surface area contributed by atoms with E-state index in [2.05, 4.69) is 49.3 Å². The number of carbonyl (C=O) groups is 1. The summed E-state index contributed by atoms with van der Waals surface area (Å²) < 4.78 is 5.24. The summed E-state index contributed by atoms with van der Waals surface area (Å²) >= 11 is 0. The van der Waals surface area contributed by atoms with Crippen LogP contribution in [0.2, 0.25) is 0 Å². The molecule has 0 aliphatic carbocycles. The number of nitrogens with zero attached hydrogens (tertiary/aromatic N) is 1. The van der Waals surface area contributed by atoms with Crippen LogP contribution in [0, 0.1) is 13.8 Å². The van der Waals surface area contributed by atoms with Crippen LogP contribution in [0.15, 0.2) is 42.6 Å². The number of rotatable bonds is 5. The molecule has 0 bridgehead atoms. The summed E-state index contributed by atoms with van der Waals surface area (Å²) in [5, 5.41) is 4.36. The van der Waals surface area contributed by atoms with E-state index in [0.717, 1.165) is 34.3 Å². The lowest BCUT2D eigenvalue weighted by atomic mass is 10.0. The lowest BCUT2D eigenvalue weighted by molar-refractivity contribution is 0.0527. The third kappa shape index (κ3) is 3.40. The van der Waals surface area contributed by atoms with Crippen molar-refractivity contribution in [2.45, 2.75) is 34.1 Å². The van der Waals surface area contributed by atoms with E-state index in [4.69, 9.17) is 4.74 Å². The van der Waals surface area contributed by atoms with E-state index in [0.29, 0.717) is 12.2 Å². The fourth-order valence-electron chi connectivity index (χ4n) is 3.03. The molecule has 0 aliphatic rings. The molecular formula is C22H24N2O2. The van der Waals surface area contributed by atoms with Crippen molar-refractivity contribution in [1.82, 2.24) is 4.98 Å². The van der Waals surface area contributed by atoms with Gasteiger partial charge in [0.25, 0.3) is 0 Å². The summed E-state index contributed by atoms with van der Waals surface area (Å²) in [7, 11) is 0. The number of anilines is 2. The number of benzene rings is 2. The minimum Gasteiger partial charge on any atom is -0.462 e. The van der Waals surface area contributed by atoms with E-state index in [9.17, 15) is 4.79 Å². The second-order valence-corrected chi connectivity index (χ2v) is 6.36. The van der Waals surface area contributed by atoms with Crippen molar-refractivity contribution in [1.29, 1.82) is 0 Å². The highest BCUT2D eigenvalue weighted by molar-refractivity contribution is 6.06. The van der Waals surface area contributed by atoms with Crippen molar-refractivity contribution in [2.24, 2.45) is 0 Å². The zero-order valence-corrected chi connectivity index (χ0v) is 15.7. The van der Waals surface area contributed by atoms with Gasteiger partial charge < -0.3 is 10.1 Å². The van der Waals surface area contributed by atoms with Gasteiger partial charge in [-0.1, -0.05) is 31.2 Å². The molecule has 26 heavy (non-hydrogen) atoms. The highest BCUT2D eigenvalue weighted by Gasteiger charge is 2.18. The number of hydrogen-bond acceptors (Lipinski definition) is 4. The van der Waals surface area contributed by atoms with Crippen LogP contribution in [-0.2, 0) is 11.2 Å². The molecule has 0 saturated carbocycles. The molecule has 2 aromatic carbocycles. The van der Waals surface area contributed by atoms with E-state index in [-0.39, 0.29) is 5.97 Å². The molecule has 134 valence electrons. The van der Waals surface area contributed by atoms with Crippen LogP contribution in [0.1, 0.15) is 40.9 Å². The average molecular weight is 348 g/mol. The fourth-order valence-corrected chi connectivity index (χ4v) is 3.03. The Morgan fingerprint density at radius 2 is 1.92 bits per heavy atom. The van der Waals surface area contributed by atoms with Gasteiger partial charge in [0, 0.05) is 17.3 Å². The molecule has 0 atom stereocenters. The van der Waals surface area contributed by atoms with E-state index in [1.54, 1.807) is 13.1 Å². The zero-order valence-electron chi connectivity index (χ0n) is 15.7. The number of nitrogens with one attached hydrogen (secondary N) is 1. The van der Waals surface area contributed by atoms with Crippen molar-refractivity contribution in [2.75, 3.05) is 11.9 Å². The van der Waals surface area contributed by atoms with Gasteiger partial charge in [0.2, 0.25) is 0 Å². The van der Waals surface area contributed by atoms with E-state index in [1.165, 1.54) is 11.1 Å². The summed E-state index contributed by atoms with van der Waals surface area (Å²) in [6.07, 6.45) is 2.50. The number of ether oxygens (including phenoxy) is 1. The van der Waals surface area contributed by atoms with Crippen LogP contribution in [-0.4, -0.2) is 17.6 Å². The Morgan fingerprint density at radius 3 is 2.62 bits per heavy atom. The minimum absolute atomic E-state index is 0.328. The Kier molecular flexibility index (Phi) is 5.21. The first-order chi connectivity index (χ1) is 12.5. The number of pyridine rings is 1. The third-order valence-electron chi connectivity index (χ3n) is 4.63. The second kappa shape index (κ2) is 7.56. The first-order valence-corrected chi connectivity index (χ1v) is 8.97. The summed E-state index contributed by atoms with van der Waals surface area (Å²) in [5.41, 5.74) is 6.62. The summed E-state index contributed by atoms with van der Waals surface area (Å²) in [5.74, 6) is -0.366. The van der Waals surface area contributed by atoms with Crippen molar-refractivity contribution < 1.29 is 9.53 Å². The summed E-state index contributed by atoms with van der Waals surface area (Å²) in [6.45, 7) is 8.39. The van der Waals surface area contributed by atoms with E-state index >= 15 is 0 Å². The van der Waals surface area contributed by atoms with Gasteiger partial charge in [-0.05, 0) is 56.0 Å². The largest absolute Gasteiger partial charge is 0.462 e. The molecule has 0 radical (unpaired) electrons. The summed E-state index contributed by atoms with van der Waals surface area (Å²) in [4.78, 5) is 17.0. The highest BCUT2D eigenvalue weighted by atomic mass is 16.5. The minimum atomic E-state index is -0.366. The quantitative estimate of drug-likeness (QED) is 0.633. The zero-order chi connectivity index (χ0) is 18.7. The molecule has 0 fully saturated rings. The standard InChI is InChI=1S/C22H24N2O2/c1-5-16-8-7-9-18-20(16)23-13-19(22(25)26-6-2)21(18)24-17-11-10-14(3)15(4)12-17/h7-13H,5-6H2,1-4H3,(H,23,24). The van der Waals surface area contributed by atoms with E-state index < -0.39 is 0 Å². The lowest BCUT2D eigenvalue weighted by Crippen LogP contribution is -2.09. The maximum Gasteiger partial charge on any atom is 0.341 e. The fraction of sp³-hybridized carbons (Fsp3) is 0.273. The molecule has 4 nitrogen and oxygen atoms in total. The van der Waals surface area contributed by atoms with Crippen molar-refractivity contribution in [3.05, 3.63) is 64.8 Å². The average Bonchev–Trinajstić information content (AvgIpc) is 2.64. The molecule has 0 amide bonds. The molecule has 3 rings (SSSR count). The number of esters is 1. The molecular weight excluding hydrogens is 324 g/mol. The Labute approximate surface area is 154 Å². The Balaban J connectivity index is 2.19. The molecule has 0 spiro atoms. The van der Waals surface area contributed by atoms with Crippen molar-refractivity contribution in [3.8, 4) is 0 Å². The van der Waals surface area contributed by atoms with Gasteiger partial charge in [-0.3, -0.25) is 4.98 Å². The summed E-state index contributed by atoms with van der Waals surface area (Å²) in [6, 6.07) is 12.2. The van der Waals surface area contributed by atoms with Crippen LogP contribution in [0.3, 0.4) is 0 Å². The smallest absolute Gasteiger partial charge is 0.341 e. The van der Waals surface area contributed by atoms with Crippen LogP contribution in [0.25, 0.3) is 10.9 Å². The molecule has 1 N–H and O–H groups in total. The Hall–Kier alpha value is -2.88. The first-order valence-electron chi connectivity index (χ1n) is 8.97. The van der Waals surface area contributed by atoms with Crippen LogP contribution >= 0.6 is 0 Å². The van der Waals surface area contributed by atoms with Crippen molar-refractivity contribution in [3.63, 3.8) is 0 Å². The lowest BCUT2D eigenvalue weighted by Gasteiger charge is -2.16. The third-order valence-corrected chi connectivity index (χ3v) is 4.63. The van der Waals surface area contributed by atoms with Crippen LogP contribution in [0.4, 0.5) is 11.4 Å². The predicted molar refractivity (Wildman–Crippen MR) is 106 cm³/mol.